The average Bonchev–Trinajstić information content (AvgIpc) is 2.79. The highest BCUT2D eigenvalue weighted by atomic mass is 16.5. The summed E-state index contributed by atoms with van der Waals surface area (Å²) in [4.78, 5) is 11.6. The third-order valence-corrected chi connectivity index (χ3v) is 2.59. The van der Waals surface area contributed by atoms with Gasteiger partial charge in [0.1, 0.15) is 5.69 Å². The first-order valence-corrected chi connectivity index (χ1v) is 5.48. The summed E-state index contributed by atoms with van der Waals surface area (Å²) in [5.74, 6) is -0.274. The maximum Gasteiger partial charge on any atom is 0.360 e. The summed E-state index contributed by atoms with van der Waals surface area (Å²) in [5, 5.41) is 10.3. The van der Waals surface area contributed by atoms with Crippen molar-refractivity contribution < 1.29 is 14.3 Å². The second-order valence-electron chi connectivity index (χ2n) is 3.69. The van der Waals surface area contributed by atoms with Gasteiger partial charge < -0.3 is 9.47 Å². The van der Waals surface area contributed by atoms with Crippen LogP contribution in [0.1, 0.15) is 41.9 Å². The van der Waals surface area contributed by atoms with Gasteiger partial charge in [0.05, 0.1) is 13.2 Å². The number of aromatic amines is 1. The Hall–Kier alpha value is -1.43. The fourth-order valence-corrected chi connectivity index (χ4v) is 1.83. The van der Waals surface area contributed by atoms with Gasteiger partial charge in [0, 0.05) is 12.5 Å². The van der Waals surface area contributed by atoms with E-state index < -0.39 is 5.97 Å². The Morgan fingerprint density at radius 1 is 1.62 bits per heavy atom. The molecule has 0 bridgehead atoms. The average molecular weight is 225 g/mol. The molecule has 6 nitrogen and oxygen atoms in total. The molecule has 0 saturated carbocycles. The van der Waals surface area contributed by atoms with Gasteiger partial charge in [0.2, 0.25) is 0 Å². The highest BCUT2D eigenvalue weighted by Gasteiger charge is 2.26. The lowest BCUT2D eigenvalue weighted by Crippen LogP contribution is -2.19. The Labute approximate surface area is 93.3 Å². The van der Waals surface area contributed by atoms with Crippen LogP contribution < -0.4 is 0 Å². The van der Waals surface area contributed by atoms with E-state index in [4.69, 9.17) is 9.47 Å². The van der Waals surface area contributed by atoms with E-state index in [1.807, 2.05) is 0 Å². The van der Waals surface area contributed by atoms with Crippen molar-refractivity contribution in [2.24, 2.45) is 0 Å². The van der Waals surface area contributed by atoms with E-state index >= 15 is 0 Å². The molecule has 1 aliphatic rings. The number of esters is 1. The molecule has 0 radical (unpaired) electrons. The van der Waals surface area contributed by atoms with E-state index in [0.29, 0.717) is 18.9 Å². The van der Waals surface area contributed by atoms with Crippen LogP contribution in [0.3, 0.4) is 0 Å². The molecule has 2 heterocycles. The van der Waals surface area contributed by atoms with Gasteiger partial charge in [-0.15, -0.1) is 5.10 Å². The molecule has 16 heavy (non-hydrogen) atoms. The SMILES string of the molecule is CCOC(=O)c1n[nH]nc1C1CCCOC1. The summed E-state index contributed by atoms with van der Waals surface area (Å²) in [6.45, 7) is 3.48. The fraction of sp³-hybridized carbons (Fsp3) is 0.700. The lowest BCUT2D eigenvalue weighted by Gasteiger charge is -2.20. The molecule has 88 valence electrons. The number of nitrogens with one attached hydrogen (secondary N) is 1. The van der Waals surface area contributed by atoms with E-state index in [9.17, 15) is 4.79 Å². The third kappa shape index (κ3) is 2.21. The zero-order valence-electron chi connectivity index (χ0n) is 9.23. The highest BCUT2D eigenvalue weighted by molar-refractivity contribution is 5.88. The summed E-state index contributed by atoms with van der Waals surface area (Å²) < 4.78 is 10.3. The number of carbonyl (C=O) groups excluding carboxylic acids is 1. The van der Waals surface area contributed by atoms with Crippen LogP contribution in [0.5, 0.6) is 0 Å². The quantitative estimate of drug-likeness (QED) is 0.772. The van der Waals surface area contributed by atoms with Crippen LogP contribution in [-0.2, 0) is 9.47 Å². The maximum absolute atomic E-state index is 11.6. The van der Waals surface area contributed by atoms with Crippen molar-refractivity contribution in [2.75, 3.05) is 19.8 Å². The largest absolute Gasteiger partial charge is 0.461 e. The van der Waals surface area contributed by atoms with Gasteiger partial charge in [-0.05, 0) is 19.8 Å². The molecule has 0 aliphatic carbocycles. The predicted octanol–water partition coefficient (Wildman–Crippen LogP) is 0.875. The smallest absolute Gasteiger partial charge is 0.360 e. The zero-order chi connectivity index (χ0) is 11.4. The number of nitrogens with zero attached hydrogens (tertiary/aromatic N) is 2. The molecule has 1 fully saturated rings. The van der Waals surface area contributed by atoms with E-state index in [1.165, 1.54) is 0 Å². The Balaban J connectivity index is 2.14. The van der Waals surface area contributed by atoms with Crippen LogP contribution in [0, 0.1) is 0 Å². The number of hydrogen-bond acceptors (Lipinski definition) is 5. The first kappa shape index (κ1) is 11.1. The molecule has 6 heteroatoms. The fourth-order valence-electron chi connectivity index (χ4n) is 1.83. The number of ether oxygens (including phenoxy) is 2. The minimum Gasteiger partial charge on any atom is -0.461 e. The maximum atomic E-state index is 11.6. The predicted molar refractivity (Wildman–Crippen MR) is 55.1 cm³/mol. The Kier molecular flexibility index (Phi) is 3.51. The monoisotopic (exact) mass is 225 g/mol. The van der Waals surface area contributed by atoms with E-state index in [0.717, 1.165) is 19.4 Å². The van der Waals surface area contributed by atoms with Crippen LogP contribution >= 0.6 is 0 Å². The van der Waals surface area contributed by atoms with Crippen molar-refractivity contribution in [3.05, 3.63) is 11.4 Å². The van der Waals surface area contributed by atoms with Gasteiger partial charge in [-0.1, -0.05) is 0 Å². The van der Waals surface area contributed by atoms with Crippen LogP contribution in [0.25, 0.3) is 0 Å². The second-order valence-corrected chi connectivity index (χ2v) is 3.69. The lowest BCUT2D eigenvalue weighted by atomic mass is 9.97. The molecule has 2 rings (SSSR count). The number of carbonyl (C=O) groups is 1. The Morgan fingerprint density at radius 2 is 2.50 bits per heavy atom. The first-order valence-electron chi connectivity index (χ1n) is 5.48. The molecule has 1 unspecified atom stereocenters. The molecule has 1 N–H and O–H groups in total. The molecule has 0 spiro atoms. The van der Waals surface area contributed by atoms with Crippen molar-refractivity contribution in [3.8, 4) is 0 Å². The molecular weight excluding hydrogens is 210 g/mol. The number of aromatic nitrogens is 3. The minimum atomic E-state index is -0.420. The minimum absolute atomic E-state index is 0.145. The molecule has 0 amide bonds. The lowest BCUT2D eigenvalue weighted by molar-refractivity contribution is 0.0510. The van der Waals surface area contributed by atoms with Gasteiger partial charge >= 0.3 is 5.97 Å². The van der Waals surface area contributed by atoms with Gasteiger partial charge in [-0.2, -0.15) is 10.3 Å². The van der Waals surface area contributed by atoms with Crippen LogP contribution in [0.4, 0.5) is 0 Å². The molecule has 1 atom stereocenters. The molecule has 1 aromatic rings. The van der Waals surface area contributed by atoms with Crippen molar-refractivity contribution >= 4 is 5.97 Å². The Bertz CT molecular complexity index is 358. The Morgan fingerprint density at radius 3 is 3.19 bits per heavy atom. The van der Waals surface area contributed by atoms with E-state index in [2.05, 4.69) is 15.4 Å². The molecule has 1 aliphatic heterocycles. The first-order chi connectivity index (χ1) is 7.83. The van der Waals surface area contributed by atoms with Crippen LogP contribution in [0.15, 0.2) is 0 Å². The van der Waals surface area contributed by atoms with E-state index in [-0.39, 0.29) is 11.6 Å². The van der Waals surface area contributed by atoms with Crippen molar-refractivity contribution in [1.29, 1.82) is 0 Å². The van der Waals surface area contributed by atoms with Crippen molar-refractivity contribution in [2.45, 2.75) is 25.7 Å². The van der Waals surface area contributed by atoms with Crippen LogP contribution in [0.2, 0.25) is 0 Å². The summed E-state index contributed by atoms with van der Waals surface area (Å²) in [6, 6.07) is 0. The van der Waals surface area contributed by atoms with Crippen LogP contribution in [-0.4, -0.2) is 41.2 Å². The molecule has 0 aromatic carbocycles. The van der Waals surface area contributed by atoms with Gasteiger partial charge in [0.15, 0.2) is 5.69 Å². The van der Waals surface area contributed by atoms with E-state index in [1.54, 1.807) is 6.92 Å². The summed E-state index contributed by atoms with van der Waals surface area (Å²) in [5.41, 5.74) is 0.954. The summed E-state index contributed by atoms with van der Waals surface area (Å²) in [6.07, 6.45) is 1.96. The topological polar surface area (TPSA) is 77.1 Å². The van der Waals surface area contributed by atoms with Gasteiger partial charge in [0.25, 0.3) is 0 Å². The van der Waals surface area contributed by atoms with Crippen molar-refractivity contribution in [3.63, 3.8) is 0 Å². The molecule has 1 aromatic heterocycles. The summed E-state index contributed by atoms with van der Waals surface area (Å²) in [7, 11) is 0. The molecule has 1 saturated heterocycles. The summed E-state index contributed by atoms with van der Waals surface area (Å²) >= 11 is 0. The number of rotatable bonds is 3. The van der Waals surface area contributed by atoms with Crippen molar-refractivity contribution in [1.82, 2.24) is 15.4 Å². The second kappa shape index (κ2) is 5.07. The highest BCUT2D eigenvalue weighted by Crippen LogP contribution is 2.25. The number of H-pyrrole nitrogens is 1. The van der Waals surface area contributed by atoms with Gasteiger partial charge in [-0.3, -0.25) is 0 Å². The molecular formula is C10H15N3O3. The third-order valence-electron chi connectivity index (χ3n) is 2.59. The number of hydrogen-bond donors (Lipinski definition) is 1. The zero-order valence-corrected chi connectivity index (χ0v) is 9.23. The van der Waals surface area contributed by atoms with Gasteiger partial charge in [-0.25, -0.2) is 4.79 Å². The standard InChI is InChI=1S/C10H15N3O3/c1-2-16-10(14)9-8(11-13-12-9)7-4-3-5-15-6-7/h7H,2-6H2,1H3,(H,11,12,13). The normalized spacial score (nSPS) is 20.7.